The van der Waals surface area contributed by atoms with Crippen molar-refractivity contribution in [3.05, 3.63) is 70.7 Å². The summed E-state index contributed by atoms with van der Waals surface area (Å²) in [7, 11) is 0. The molecule has 0 fully saturated rings. The van der Waals surface area contributed by atoms with Gasteiger partial charge in [-0.1, -0.05) is 54.1 Å². The van der Waals surface area contributed by atoms with Crippen molar-refractivity contribution < 1.29 is 4.74 Å². The van der Waals surface area contributed by atoms with Crippen molar-refractivity contribution in [3.8, 4) is 0 Å². The van der Waals surface area contributed by atoms with E-state index in [2.05, 4.69) is 17.1 Å². The van der Waals surface area contributed by atoms with Crippen LogP contribution in [0, 0.1) is 0 Å². The standard InChI is InChI=1S/C15H12ClNO/c16-13-9-5-4-8-12(13)15-17-10-14(18-15)11-6-2-1-3-7-11/h1-9,14H,10H2. The third-order valence-corrected chi connectivity index (χ3v) is 3.26. The lowest BCUT2D eigenvalue weighted by Gasteiger charge is -2.11. The monoisotopic (exact) mass is 257 g/mol. The third-order valence-electron chi connectivity index (χ3n) is 2.93. The molecule has 0 amide bonds. The predicted molar refractivity (Wildman–Crippen MR) is 73.1 cm³/mol. The molecular formula is C15H12ClNO. The molecule has 1 atom stereocenters. The fourth-order valence-electron chi connectivity index (χ4n) is 2.00. The highest BCUT2D eigenvalue weighted by Gasteiger charge is 2.23. The molecule has 18 heavy (non-hydrogen) atoms. The summed E-state index contributed by atoms with van der Waals surface area (Å²) in [6.45, 7) is 0.643. The molecule has 0 aliphatic carbocycles. The number of ether oxygens (including phenoxy) is 1. The van der Waals surface area contributed by atoms with Gasteiger partial charge in [-0.3, -0.25) is 0 Å². The largest absolute Gasteiger partial charge is 0.467 e. The zero-order valence-corrected chi connectivity index (χ0v) is 10.5. The van der Waals surface area contributed by atoms with Crippen molar-refractivity contribution in [2.75, 3.05) is 6.54 Å². The minimum atomic E-state index is -0.00234. The molecule has 0 radical (unpaired) electrons. The van der Waals surface area contributed by atoms with Crippen LogP contribution in [0.3, 0.4) is 0 Å². The van der Waals surface area contributed by atoms with Gasteiger partial charge in [-0.15, -0.1) is 0 Å². The highest BCUT2D eigenvalue weighted by Crippen LogP contribution is 2.27. The highest BCUT2D eigenvalue weighted by molar-refractivity contribution is 6.33. The van der Waals surface area contributed by atoms with Crippen LogP contribution in [0.15, 0.2) is 59.6 Å². The van der Waals surface area contributed by atoms with E-state index >= 15 is 0 Å². The molecular weight excluding hydrogens is 246 g/mol. The van der Waals surface area contributed by atoms with Crippen molar-refractivity contribution in [3.63, 3.8) is 0 Å². The van der Waals surface area contributed by atoms with E-state index in [-0.39, 0.29) is 6.10 Å². The Kier molecular flexibility index (Phi) is 3.03. The summed E-state index contributed by atoms with van der Waals surface area (Å²) < 4.78 is 5.88. The van der Waals surface area contributed by atoms with Crippen molar-refractivity contribution >= 4 is 17.5 Å². The number of aliphatic imine (C=N–C) groups is 1. The number of hydrogen-bond donors (Lipinski definition) is 0. The molecule has 0 N–H and O–H groups in total. The Balaban J connectivity index is 1.82. The van der Waals surface area contributed by atoms with Gasteiger partial charge in [-0.05, 0) is 17.7 Å². The first kappa shape index (κ1) is 11.3. The lowest BCUT2D eigenvalue weighted by molar-refractivity contribution is 0.230. The van der Waals surface area contributed by atoms with Gasteiger partial charge in [0, 0.05) is 0 Å². The van der Waals surface area contributed by atoms with Gasteiger partial charge < -0.3 is 4.74 Å². The summed E-state index contributed by atoms with van der Waals surface area (Å²) in [6, 6.07) is 17.7. The topological polar surface area (TPSA) is 21.6 Å². The first-order chi connectivity index (χ1) is 8.84. The summed E-state index contributed by atoms with van der Waals surface area (Å²) in [4.78, 5) is 4.43. The molecule has 1 aliphatic heterocycles. The highest BCUT2D eigenvalue weighted by atomic mass is 35.5. The summed E-state index contributed by atoms with van der Waals surface area (Å²) in [6.07, 6.45) is -0.00234. The minimum Gasteiger partial charge on any atom is -0.467 e. The summed E-state index contributed by atoms with van der Waals surface area (Å²) in [5, 5.41) is 0.671. The number of benzene rings is 2. The second-order valence-electron chi connectivity index (χ2n) is 4.14. The molecule has 0 saturated carbocycles. The molecule has 1 heterocycles. The second-order valence-corrected chi connectivity index (χ2v) is 4.55. The first-order valence-corrected chi connectivity index (χ1v) is 6.23. The summed E-state index contributed by atoms with van der Waals surface area (Å²) >= 11 is 6.14. The van der Waals surface area contributed by atoms with E-state index in [1.807, 2.05) is 42.5 Å². The molecule has 0 saturated heterocycles. The van der Waals surface area contributed by atoms with Gasteiger partial charge in [0.15, 0.2) is 0 Å². The van der Waals surface area contributed by atoms with E-state index in [0.717, 1.165) is 11.1 Å². The van der Waals surface area contributed by atoms with E-state index in [4.69, 9.17) is 16.3 Å². The Morgan fingerprint density at radius 3 is 2.50 bits per heavy atom. The Morgan fingerprint density at radius 1 is 1.00 bits per heavy atom. The first-order valence-electron chi connectivity index (χ1n) is 5.85. The average Bonchev–Trinajstić information content (AvgIpc) is 2.90. The van der Waals surface area contributed by atoms with Crippen LogP contribution in [0.25, 0.3) is 0 Å². The number of halogens is 1. The molecule has 0 spiro atoms. The van der Waals surface area contributed by atoms with E-state index in [1.165, 1.54) is 0 Å². The van der Waals surface area contributed by atoms with Crippen LogP contribution in [-0.4, -0.2) is 12.4 Å². The molecule has 3 heteroatoms. The normalized spacial score (nSPS) is 18.3. The van der Waals surface area contributed by atoms with Crippen molar-refractivity contribution in [1.29, 1.82) is 0 Å². The number of nitrogens with zero attached hydrogens (tertiary/aromatic N) is 1. The van der Waals surface area contributed by atoms with E-state index in [1.54, 1.807) is 0 Å². The lowest BCUT2D eigenvalue weighted by Crippen LogP contribution is -2.06. The summed E-state index contributed by atoms with van der Waals surface area (Å²) in [5.41, 5.74) is 2.00. The molecule has 90 valence electrons. The Hall–Kier alpha value is -1.80. The van der Waals surface area contributed by atoms with Crippen molar-refractivity contribution in [1.82, 2.24) is 0 Å². The Labute approximate surface area is 111 Å². The molecule has 1 aliphatic rings. The van der Waals surface area contributed by atoms with Gasteiger partial charge in [0.25, 0.3) is 0 Å². The van der Waals surface area contributed by atoms with Gasteiger partial charge >= 0.3 is 0 Å². The zero-order valence-electron chi connectivity index (χ0n) is 9.71. The van der Waals surface area contributed by atoms with Crippen LogP contribution in [0.5, 0.6) is 0 Å². The van der Waals surface area contributed by atoms with E-state index < -0.39 is 0 Å². The SMILES string of the molecule is Clc1ccccc1C1=NCC(c2ccccc2)O1. The lowest BCUT2D eigenvalue weighted by atomic mass is 10.1. The number of rotatable bonds is 2. The van der Waals surface area contributed by atoms with Crippen LogP contribution < -0.4 is 0 Å². The maximum atomic E-state index is 6.14. The fraction of sp³-hybridized carbons (Fsp3) is 0.133. The van der Waals surface area contributed by atoms with E-state index in [0.29, 0.717) is 17.5 Å². The van der Waals surface area contributed by atoms with Gasteiger partial charge in [-0.25, -0.2) is 4.99 Å². The van der Waals surface area contributed by atoms with Crippen LogP contribution in [0.1, 0.15) is 17.2 Å². The second kappa shape index (κ2) is 4.83. The third kappa shape index (κ3) is 2.12. The molecule has 3 rings (SSSR count). The maximum Gasteiger partial charge on any atom is 0.218 e. The van der Waals surface area contributed by atoms with Gasteiger partial charge in [0.05, 0.1) is 17.1 Å². The van der Waals surface area contributed by atoms with Crippen LogP contribution in [0.2, 0.25) is 5.02 Å². The van der Waals surface area contributed by atoms with Gasteiger partial charge in [0.2, 0.25) is 5.90 Å². The van der Waals surface area contributed by atoms with Crippen LogP contribution >= 0.6 is 11.6 Å². The quantitative estimate of drug-likeness (QED) is 0.801. The molecule has 0 aromatic heterocycles. The Morgan fingerprint density at radius 2 is 1.72 bits per heavy atom. The average molecular weight is 258 g/mol. The fourth-order valence-corrected chi connectivity index (χ4v) is 2.22. The minimum absolute atomic E-state index is 0.00234. The smallest absolute Gasteiger partial charge is 0.218 e. The molecule has 2 aromatic rings. The Bertz CT molecular complexity index is 580. The van der Waals surface area contributed by atoms with Gasteiger partial charge in [0.1, 0.15) is 6.10 Å². The van der Waals surface area contributed by atoms with Gasteiger partial charge in [-0.2, -0.15) is 0 Å². The van der Waals surface area contributed by atoms with Crippen LogP contribution in [0.4, 0.5) is 0 Å². The number of hydrogen-bond acceptors (Lipinski definition) is 2. The van der Waals surface area contributed by atoms with Crippen LogP contribution in [-0.2, 0) is 4.74 Å². The van der Waals surface area contributed by atoms with Crippen molar-refractivity contribution in [2.45, 2.75) is 6.10 Å². The molecule has 2 aromatic carbocycles. The maximum absolute atomic E-state index is 6.14. The predicted octanol–water partition coefficient (Wildman–Crippen LogP) is 3.86. The molecule has 2 nitrogen and oxygen atoms in total. The molecule has 0 bridgehead atoms. The molecule has 1 unspecified atom stereocenters. The summed E-state index contributed by atoms with van der Waals surface area (Å²) in [5.74, 6) is 0.634. The van der Waals surface area contributed by atoms with Crippen molar-refractivity contribution in [2.24, 2.45) is 4.99 Å². The zero-order chi connectivity index (χ0) is 12.4. The van der Waals surface area contributed by atoms with E-state index in [9.17, 15) is 0 Å².